The maximum atomic E-state index is 12.6. The number of nitrogens with zero attached hydrogens (tertiary/aromatic N) is 3. The van der Waals surface area contributed by atoms with Crippen molar-refractivity contribution >= 4 is 27.6 Å². The summed E-state index contributed by atoms with van der Waals surface area (Å²) in [5.41, 5.74) is 3.79. The SMILES string of the molecule is C#Cc1ccc2nnc[c-]c2c1.CCCN(CCC)C(=O)c1ccc2cc(CC)ccc2c1.[CH3-].[Y]. The smallest absolute Gasteiger partial charge is 0.253 e. The molecule has 4 nitrogen and oxygen atoms in total. The third-order valence-electron chi connectivity index (χ3n) is 5.44. The number of amides is 1. The van der Waals surface area contributed by atoms with E-state index in [2.05, 4.69) is 67.2 Å². The molecule has 5 heteroatoms. The van der Waals surface area contributed by atoms with Crippen LogP contribution in [0.15, 0.2) is 60.8 Å². The first-order valence-corrected chi connectivity index (χ1v) is 11.5. The fourth-order valence-electron chi connectivity index (χ4n) is 3.70. The second-order valence-corrected chi connectivity index (χ2v) is 7.91. The predicted octanol–water partition coefficient (Wildman–Crippen LogP) is 6.52. The number of terminal acetylenes is 1. The van der Waals surface area contributed by atoms with Crippen molar-refractivity contribution < 1.29 is 37.5 Å². The molecule has 1 radical (unpaired) electrons. The zero-order chi connectivity index (χ0) is 23.6. The molecule has 3 aromatic carbocycles. The summed E-state index contributed by atoms with van der Waals surface area (Å²) in [6.45, 7) is 8.05. The number of aryl methyl sites for hydroxylation is 1. The van der Waals surface area contributed by atoms with E-state index >= 15 is 0 Å². The number of fused-ring (bicyclic) bond motifs is 2. The van der Waals surface area contributed by atoms with Gasteiger partial charge in [-0.1, -0.05) is 63.1 Å². The van der Waals surface area contributed by atoms with Gasteiger partial charge in [-0.05, 0) is 65.0 Å². The van der Waals surface area contributed by atoms with Crippen molar-refractivity contribution in [2.75, 3.05) is 13.1 Å². The van der Waals surface area contributed by atoms with Gasteiger partial charge in [-0.25, -0.2) is 5.10 Å². The average Bonchev–Trinajstić information content (AvgIpc) is 2.87. The van der Waals surface area contributed by atoms with Crippen LogP contribution in [0.4, 0.5) is 0 Å². The molecule has 0 spiro atoms. The maximum Gasteiger partial charge on any atom is 0.253 e. The van der Waals surface area contributed by atoms with Crippen molar-refractivity contribution in [3.63, 3.8) is 0 Å². The molecule has 4 rings (SSSR count). The summed E-state index contributed by atoms with van der Waals surface area (Å²) in [5, 5.41) is 10.9. The molecule has 1 aromatic heterocycles. The van der Waals surface area contributed by atoms with E-state index in [1.54, 1.807) is 0 Å². The van der Waals surface area contributed by atoms with Crippen molar-refractivity contribution in [2.24, 2.45) is 0 Å². The van der Waals surface area contributed by atoms with Gasteiger partial charge in [0.15, 0.2) is 0 Å². The Morgan fingerprint density at radius 1 is 0.971 bits per heavy atom. The summed E-state index contributed by atoms with van der Waals surface area (Å²) in [6.07, 6.45) is 9.81. The minimum absolute atomic E-state index is 0. The molecule has 1 heterocycles. The molecule has 0 aliphatic carbocycles. The summed E-state index contributed by atoms with van der Waals surface area (Å²) in [5.74, 6) is 2.70. The number of benzene rings is 3. The number of carbonyl (C=O) groups excluding carboxylic acids is 1. The van der Waals surface area contributed by atoms with Crippen molar-refractivity contribution in [3.05, 3.63) is 91.0 Å². The van der Waals surface area contributed by atoms with E-state index < -0.39 is 0 Å². The third kappa shape index (κ3) is 8.23. The zero-order valence-electron chi connectivity index (χ0n) is 21.2. The quantitative estimate of drug-likeness (QED) is 0.207. The largest absolute Gasteiger partial charge is 0.358 e. The summed E-state index contributed by atoms with van der Waals surface area (Å²) in [6, 6.07) is 21.0. The molecule has 0 bridgehead atoms. The molecule has 0 N–H and O–H groups in total. The van der Waals surface area contributed by atoms with Crippen LogP contribution in [0.2, 0.25) is 0 Å². The summed E-state index contributed by atoms with van der Waals surface area (Å²) >= 11 is 0. The number of hydrogen-bond donors (Lipinski definition) is 0. The Bertz CT molecular complexity index is 1270. The topological polar surface area (TPSA) is 46.1 Å². The standard InChI is InChI=1S/C19H25NO.C10H5N2.CH3.Y/c1-4-11-20(12-5-2)19(21)18-10-9-16-13-15(6-3)7-8-17(16)14-18;1-2-8-3-4-10-9(7-8)5-6-11-12-10;;/h7-10,13-14H,4-6,11-12H2,1-3H3;1,3-4,6-7H;1H3;/q;2*-1;. The minimum Gasteiger partial charge on any atom is -0.358 e. The Hall–Kier alpha value is -2.61. The molecule has 35 heavy (non-hydrogen) atoms. The maximum absolute atomic E-state index is 12.6. The second kappa shape index (κ2) is 15.4. The zero-order valence-corrected chi connectivity index (χ0v) is 24.1. The Balaban J connectivity index is 0.000000374. The number of carbonyl (C=O) groups is 1. The Kier molecular flexibility index (Phi) is 13.4. The van der Waals surface area contributed by atoms with E-state index in [1.165, 1.54) is 17.1 Å². The summed E-state index contributed by atoms with van der Waals surface area (Å²) < 4.78 is 0. The van der Waals surface area contributed by atoms with E-state index in [0.717, 1.165) is 59.8 Å². The van der Waals surface area contributed by atoms with Crippen LogP contribution in [0.3, 0.4) is 0 Å². The molecule has 0 fully saturated rings. The van der Waals surface area contributed by atoms with E-state index in [0.29, 0.717) is 0 Å². The summed E-state index contributed by atoms with van der Waals surface area (Å²) in [4.78, 5) is 14.6. The van der Waals surface area contributed by atoms with Gasteiger partial charge in [0.1, 0.15) is 0 Å². The van der Waals surface area contributed by atoms with E-state index in [1.807, 2.05) is 35.2 Å². The van der Waals surface area contributed by atoms with E-state index in [9.17, 15) is 4.79 Å². The van der Waals surface area contributed by atoms with Crippen LogP contribution < -0.4 is 0 Å². The van der Waals surface area contributed by atoms with Crippen molar-refractivity contribution in [1.29, 1.82) is 0 Å². The van der Waals surface area contributed by atoms with Gasteiger partial charge in [0.25, 0.3) is 5.91 Å². The summed E-state index contributed by atoms with van der Waals surface area (Å²) in [7, 11) is 0. The van der Waals surface area contributed by atoms with Crippen LogP contribution in [0.1, 0.15) is 55.1 Å². The van der Waals surface area contributed by atoms with Crippen LogP contribution in [0.25, 0.3) is 21.7 Å². The first kappa shape index (κ1) is 30.4. The average molecular weight is 541 g/mol. The third-order valence-corrected chi connectivity index (χ3v) is 5.44. The van der Waals surface area contributed by atoms with Gasteiger partial charge in [0, 0.05) is 51.4 Å². The Morgan fingerprint density at radius 2 is 1.66 bits per heavy atom. The van der Waals surface area contributed by atoms with Gasteiger partial charge in [-0.2, -0.15) is 16.6 Å². The first-order valence-electron chi connectivity index (χ1n) is 11.5. The van der Waals surface area contributed by atoms with Crippen LogP contribution >= 0.6 is 0 Å². The van der Waals surface area contributed by atoms with Crippen LogP contribution in [-0.4, -0.2) is 34.1 Å². The van der Waals surface area contributed by atoms with E-state index in [-0.39, 0.29) is 46.0 Å². The molecule has 0 unspecified atom stereocenters. The number of aromatic nitrogens is 2. The van der Waals surface area contributed by atoms with Gasteiger partial charge >= 0.3 is 0 Å². The number of hydrogen-bond acceptors (Lipinski definition) is 3. The molecule has 0 aliphatic heterocycles. The fraction of sp³-hybridized carbons (Fsp3) is 0.267. The predicted molar refractivity (Wildman–Crippen MR) is 143 cm³/mol. The van der Waals surface area contributed by atoms with Crippen molar-refractivity contribution in [2.45, 2.75) is 40.0 Å². The van der Waals surface area contributed by atoms with Gasteiger partial charge in [-0.15, -0.1) is 12.5 Å². The Labute approximate surface area is 235 Å². The van der Waals surface area contributed by atoms with Crippen LogP contribution in [-0.2, 0) is 39.1 Å². The molecule has 1 amide bonds. The van der Waals surface area contributed by atoms with Gasteiger partial charge in [-0.3, -0.25) is 4.79 Å². The van der Waals surface area contributed by atoms with Gasteiger partial charge in [0.2, 0.25) is 0 Å². The molecular formula is C30H33N3OY-2. The molecule has 4 aromatic rings. The van der Waals surface area contributed by atoms with Gasteiger partial charge in [0.05, 0.1) is 0 Å². The molecule has 179 valence electrons. The first-order chi connectivity index (χ1) is 16.1. The molecule has 0 atom stereocenters. The minimum atomic E-state index is 0. The molecular weight excluding hydrogens is 507 g/mol. The fourth-order valence-corrected chi connectivity index (χ4v) is 3.70. The van der Waals surface area contributed by atoms with Crippen molar-refractivity contribution in [1.82, 2.24) is 15.1 Å². The van der Waals surface area contributed by atoms with Crippen LogP contribution in [0, 0.1) is 25.8 Å². The number of rotatable bonds is 6. The second-order valence-electron chi connectivity index (χ2n) is 7.91. The van der Waals surface area contributed by atoms with Gasteiger partial charge < -0.3 is 12.3 Å². The Morgan fingerprint density at radius 3 is 2.31 bits per heavy atom. The monoisotopic (exact) mass is 540 g/mol. The van der Waals surface area contributed by atoms with Crippen LogP contribution in [0.5, 0.6) is 0 Å². The normalized spacial score (nSPS) is 9.77. The molecule has 0 saturated heterocycles. The van der Waals surface area contributed by atoms with E-state index in [4.69, 9.17) is 6.42 Å². The molecule has 0 aliphatic rings. The molecule has 0 saturated carbocycles. The van der Waals surface area contributed by atoms with Crippen molar-refractivity contribution in [3.8, 4) is 12.3 Å².